The van der Waals surface area contributed by atoms with Gasteiger partial charge in [0.1, 0.15) is 0 Å². The molecule has 190 valence electrons. The zero-order valence-electron chi connectivity index (χ0n) is 21.0. The van der Waals surface area contributed by atoms with E-state index >= 15 is 0 Å². The lowest BCUT2D eigenvalue weighted by Gasteiger charge is -2.27. The molecule has 0 radical (unpaired) electrons. The molecule has 0 aliphatic carbocycles. The Morgan fingerprint density at radius 2 is 1.86 bits per heavy atom. The first-order valence-corrected chi connectivity index (χ1v) is 13.0. The van der Waals surface area contributed by atoms with E-state index in [1.54, 1.807) is 0 Å². The Morgan fingerprint density at radius 1 is 1.11 bits per heavy atom. The maximum atomic E-state index is 13.4. The number of hydrogen-bond acceptors (Lipinski definition) is 4. The monoisotopic (exact) mass is 506 g/mol. The van der Waals surface area contributed by atoms with Crippen LogP contribution in [-0.4, -0.2) is 62.0 Å². The van der Waals surface area contributed by atoms with Crippen LogP contribution in [0.5, 0.6) is 0 Å². The van der Waals surface area contributed by atoms with E-state index in [9.17, 15) is 9.59 Å². The average Bonchev–Trinajstić information content (AvgIpc) is 3.04. The van der Waals surface area contributed by atoms with Gasteiger partial charge < -0.3 is 20.9 Å². The summed E-state index contributed by atoms with van der Waals surface area (Å²) in [7, 11) is 1.89. The molecule has 36 heavy (non-hydrogen) atoms. The maximum Gasteiger partial charge on any atom is 0.251 e. The Labute approximate surface area is 218 Å². The predicted molar refractivity (Wildman–Crippen MR) is 147 cm³/mol. The molecule has 3 aromatic carbocycles. The van der Waals surface area contributed by atoms with Crippen LogP contribution in [-0.2, 0) is 4.79 Å². The van der Waals surface area contributed by atoms with E-state index in [-0.39, 0.29) is 29.8 Å². The molecule has 2 amide bonds. The van der Waals surface area contributed by atoms with E-state index in [2.05, 4.69) is 22.9 Å². The van der Waals surface area contributed by atoms with Crippen molar-refractivity contribution in [3.8, 4) is 0 Å². The normalized spacial score (nSPS) is 19.2. The highest BCUT2D eigenvalue weighted by Gasteiger charge is 2.31. The minimum atomic E-state index is -0.292. The molecule has 2 unspecified atom stereocenters. The van der Waals surface area contributed by atoms with Crippen LogP contribution in [0.15, 0.2) is 66.7 Å². The Morgan fingerprint density at radius 3 is 2.61 bits per heavy atom. The standard InChI is InChI=1S/C29H35ClN4O2/c1-20(21-9-11-25(30)12-10-21)19-34-16-14-26(33-27(29(34)36)13-15-31-2)18-32-28(35)24-8-7-22-5-3-4-6-23(22)17-24/h3-12,17,20,26-27,31,33H,13-16,18-19H2,1-2H3,(H,32,35)/t20-,26?,27?/m0/s1. The number of nitrogens with one attached hydrogen (secondary N) is 3. The van der Waals surface area contributed by atoms with Gasteiger partial charge in [0.05, 0.1) is 6.04 Å². The minimum Gasteiger partial charge on any atom is -0.350 e. The van der Waals surface area contributed by atoms with Gasteiger partial charge in [-0.2, -0.15) is 0 Å². The molecule has 3 atom stereocenters. The van der Waals surface area contributed by atoms with Gasteiger partial charge in [-0.05, 0) is 73.0 Å². The van der Waals surface area contributed by atoms with Crippen molar-refractivity contribution in [2.24, 2.45) is 0 Å². The molecule has 0 saturated carbocycles. The molecule has 1 saturated heterocycles. The lowest BCUT2D eigenvalue weighted by atomic mass is 10.00. The van der Waals surface area contributed by atoms with Crippen molar-refractivity contribution < 1.29 is 9.59 Å². The number of benzene rings is 3. The van der Waals surface area contributed by atoms with Crippen molar-refractivity contribution >= 4 is 34.2 Å². The fourth-order valence-corrected chi connectivity index (χ4v) is 4.92. The third-order valence-electron chi connectivity index (χ3n) is 6.93. The lowest BCUT2D eigenvalue weighted by molar-refractivity contribution is -0.133. The Kier molecular flexibility index (Phi) is 8.97. The van der Waals surface area contributed by atoms with Crippen LogP contribution in [0.4, 0.5) is 0 Å². The highest BCUT2D eigenvalue weighted by atomic mass is 35.5. The molecule has 1 aliphatic rings. The van der Waals surface area contributed by atoms with E-state index < -0.39 is 0 Å². The smallest absolute Gasteiger partial charge is 0.251 e. The molecule has 1 aliphatic heterocycles. The summed E-state index contributed by atoms with van der Waals surface area (Å²) in [4.78, 5) is 28.3. The van der Waals surface area contributed by atoms with Gasteiger partial charge in [-0.15, -0.1) is 0 Å². The summed E-state index contributed by atoms with van der Waals surface area (Å²) in [5.41, 5.74) is 1.80. The fraction of sp³-hybridized carbons (Fsp3) is 0.379. The SMILES string of the molecule is CNCCC1NC(CNC(=O)c2ccc3ccccc3c2)CCN(C[C@H](C)c2ccc(Cl)cc2)C1=O. The molecule has 3 aromatic rings. The first kappa shape index (κ1) is 26.1. The summed E-state index contributed by atoms with van der Waals surface area (Å²) in [6.45, 7) is 4.64. The van der Waals surface area contributed by atoms with Gasteiger partial charge >= 0.3 is 0 Å². The number of fused-ring (bicyclic) bond motifs is 1. The summed E-state index contributed by atoms with van der Waals surface area (Å²) in [6.07, 6.45) is 1.46. The number of hydrogen-bond donors (Lipinski definition) is 3. The molecule has 3 N–H and O–H groups in total. The molecular formula is C29H35ClN4O2. The molecule has 6 nitrogen and oxygen atoms in total. The van der Waals surface area contributed by atoms with Crippen molar-refractivity contribution in [3.63, 3.8) is 0 Å². The van der Waals surface area contributed by atoms with Crippen LogP contribution < -0.4 is 16.0 Å². The van der Waals surface area contributed by atoms with Crippen molar-refractivity contribution in [3.05, 3.63) is 82.9 Å². The molecule has 0 spiro atoms. The van der Waals surface area contributed by atoms with Gasteiger partial charge in [-0.1, -0.05) is 61.0 Å². The van der Waals surface area contributed by atoms with Gasteiger partial charge in [-0.25, -0.2) is 0 Å². The summed E-state index contributed by atoms with van der Waals surface area (Å²) in [5.74, 6) is 0.216. The van der Waals surface area contributed by atoms with E-state index in [1.165, 1.54) is 0 Å². The second-order valence-corrected chi connectivity index (χ2v) is 10.0. The van der Waals surface area contributed by atoms with Gasteiger partial charge in [0.15, 0.2) is 0 Å². The fourth-order valence-electron chi connectivity index (χ4n) is 4.79. The van der Waals surface area contributed by atoms with Gasteiger partial charge in [0, 0.05) is 36.3 Å². The predicted octanol–water partition coefficient (Wildman–Crippen LogP) is 4.20. The topological polar surface area (TPSA) is 73.5 Å². The van der Waals surface area contributed by atoms with Crippen LogP contribution in [0.3, 0.4) is 0 Å². The van der Waals surface area contributed by atoms with E-state index in [1.807, 2.05) is 78.7 Å². The summed E-state index contributed by atoms with van der Waals surface area (Å²) >= 11 is 6.04. The molecular weight excluding hydrogens is 472 g/mol. The van der Waals surface area contributed by atoms with E-state index in [0.717, 1.165) is 29.3 Å². The Bertz CT molecular complexity index is 1180. The van der Waals surface area contributed by atoms with Crippen LogP contribution in [0.1, 0.15) is 41.6 Å². The number of amides is 2. The Hall–Kier alpha value is -2.93. The molecule has 0 bridgehead atoms. The third kappa shape index (κ3) is 6.64. The largest absolute Gasteiger partial charge is 0.350 e. The van der Waals surface area contributed by atoms with Crippen molar-refractivity contribution in [2.75, 3.05) is 33.2 Å². The Balaban J connectivity index is 1.40. The zero-order valence-corrected chi connectivity index (χ0v) is 21.7. The quantitative estimate of drug-likeness (QED) is 0.407. The number of nitrogens with zero attached hydrogens (tertiary/aromatic N) is 1. The average molecular weight is 507 g/mol. The summed E-state index contributed by atoms with van der Waals surface area (Å²) in [6, 6.07) is 21.3. The highest BCUT2D eigenvalue weighted by molar-refractivity contribution is 6.30. The van der Waals surface area contributed by atoms with Crippen LogP contribution in [0.25, 0.3) is 10.8 Å². The molecule has 4 rings (SSSR count). The van der Waals surface area contributed by atoms with Gasteiger partial charge in [0.25, 0.3) is 5.91 Å². The molecule has 1 fully saturated rings. The maximum absolute atomic E-state index is 13.4. The number of rotatable bonds is 9. The van der Waals surface area contributed by atoms with Crippen molar-refractivity contribution in [2.45, 2.75) is 37.8 Å². The molecule has 0 aromatic heterocycles. The van der Waals surface area contributed by atoms with Gasteiger partial charge in [0.2, 0.25) is 5.91 Å². The first-order valence-electron chi connectivity index (χ1n) is 12.7. The first-order chi connectivity index (χ1) is 17.4. The minimum absolute atomic E-state index is 0.0102. The second-order valence-electron chi connectivity index (χ2n) is 9.61. The van der Waals surface area contributed by atoms with Crippen LogP contribution in [0, 0.1) is 0 Å². The van der Waals surface area contributed by atoms with E-state index in [4.69, 9.17) is 11.6 Å². The third-order valence-corrected chi connectivity index (χ3v) is 7.18. The molecule has 1 heterocycles. The van der Waals surface area contributed by atoms with Gasteiger partial charge in [-0.3, -0.25) is 9.59 Å². The zero-order chi connectivity index (χ0) is 25.5. The highest BCUT2D eigenvalue weighted by Crippen LogP contribution is 2.21. The summed E-state index contributed by atoms with van der Waals surface area (Å²) in [5, 5.41) is 12.6. The van der Waals surface area contributed by atoms with Crippen LogP contribution in [0.2, 0.25) is 5.02 Å². The second kappa shape index (κ2) is 12.3. The van der Waals surface area contributed by atoms with E-state index in [0.29, 0.717) is 36.6 Å². The molecule has 7 heteroatoms. The summed E-state index contributed by atoms with van der Waals surface area (Å²) < 4.78 is 0. The van der Waals surface area contributed by atoms with Crippen molar-refractivity contribution in [1.29, 1.82) is 0 Å². The number of carbonyl (C=O) groups is 2. The number of carbonyl (C=O) groups excluding carboxylic acids is 2. The van der Waals surface area contributed by atoms with Crippen molar-refractivity contribution in [1.82, 2.24) is 20.9 Å². The lowest BCUT2D eigenvalue weighted by Crippen LogP contribution is -2.50. The number of halogens is 1. The van der Waals surface area contributed by atoms with Crippen LogP contribution >= 0.6 is 11.6 Å².